The van der Waals surface area contributed by atoms with Crippen molar-refractivity contribution in [1.82, 2.24) is 0 Å². The number of phosphoric acid groups is 1. The Balaban J connectivity index is 2.35. The molecular weight excluding hydrogens is 827 g/mol. The van der Waals surface area contributed by atoms with E-state index in [0.717, 1.165) is 57.8 Å². The maximum atomic E-state index is 12.8. The Morgan fingerprint density at radius 1 is 0.476 bits per heavy atom. The van der Waals surface area contributed by atoms with Crippen LogP contribution in [0.1, 0.15) is 232 Å². The zero-order valence-electron chi connectivity index (χ0n) is 39.6. The van der Waals surface area contributed by atoms with Gasteiger partial charge in [-0.2, -0.15) is 0 Å². The Morgan fingerprint density at radius 3 is 1.24 bits per heavy atom. The molecule has 13 nitrogen and oxygen atoms in total. The first kappa shape index (κ1) is 59.6. The van der Waals surface area contributed by atoms with E-state index in [2.05, 4.69) is 26.0 Å². The molecule has 1 aliphatic rings. The lowest BCUT2D eigenvalue weighted by atomic mass is 9.85. The summed E-state index contributed by atoms with van der Waals surface area (Å²) in [6.45, 7) is 3.30. The summed E-state index contributed by atoms with van der Waals surface area (Å²) < 4.78 is 33.6. The fourth-order valence-corrected chi connectivity index (χ4v) is 8.96. The van der Waals surface area contributed by atoms with E-state index in [1.54, 1.807) is 0 Å². The Hall–Kier alpha value is -1.41. The van der Waals surface area contributed by atoms with E-state index >= 15 is 0 Å². The number of unbranched alkanes of at least 4 members (excludes halogenated alkanes) is 29. The lowest BCUT2D eigenvalue weighted by Crippen LogP contribution is -2.64. The lowest BCUT2D eigenvalue weighted by Gasteiger charge is -2.41. The van der Waals surface area contributed by atoms with Gasteiger partial charge < -0.3 is 39.9 Å². The molecule has 0 aromatic rings. The van der Waals surface area contributed by atoms with Crippen LogP contribution in [0.2, 0.25) is 0 Å². The first-order valence-electron chi connectivity index (χ1n) is 25.5. The zero-order chi connectivity index (χ0) is 46.4. The van der Waals surface area contributed by atoms with E-state index in [4.69, 9.17) is 18.5 Å². The standard InChI is InChI=1S/C49H93O13P/c1-3-5-7-9-11-13-15-17-18-19-20-21-22-23-24-25-26-28-30-32-34-36-38-43(51)61-41(39-59-42(50)37-35-33-31-29-27-16-14-12-10-8-6-4-2)40-60-63(57,58)62-49-47(55)45(53)44(52)46(54)48(49)56/h12,14,41,44-49,52-56H,3-11,13,15-40H2,1-2H3,(H,57,58)/b14-12+/t41-,44?,45-,46?,47?,48?,49?/m1/s1. The molecule has 0 aromatic heterocycles. The largest absolute Gasteiger partial charge is 0.472 e. The molecule has 1 fully saturated rings. The number of allylic oxidation sites excluding steroid dienone is 2. The van der Waals surface area contributed by atoms with Crippen molar-refractivity contribution < 1.29 is 63.1 Å². The van der Waals surface area contributed by atoms with Crippen molar-refractivity contribution in [2.75, 3.05) is 13.2 Å². The molecule has 0 spiro atoms. The predicted octanol–water partition coefficient (Wildman–Crippen LogP) is 10.6. The molecule has 0 radical (unpaired) electrons. The second kappa shape index (κ2) is 39.7. The number of hydrogen-bond donors (Lipinski definition) is 6. The van der Waals surface area contributed by atoms with Gasteiger partial charge in [0.25, 0.3) is 0 Å². The predicted molar refractivity (Wildman–Crippen MR) is 249 cm³/mol. The van der Waals surface area contributed by atoms with E-state index in [0.29, 0.717) is 12.8 Å². The highest BCUT2D eigenvalue weighted by atomic mass is 31.2. The van der Waals surface area contributed by atoms with Gasteiger partial charge in [-0.1, -0.05) is 193 Å². The first-order chi connectivity index (χ1) is 30.4. The van der Waals surface area contributed by atoms with E-state index < -0.39 is 75.7 Å². The van der Waals surface area contributed by atoms with Gasteiger partial charge in [0, 0.05) is 12.8 Å². The van der Waals surface area contributed by atoms with Gasteiger partial charge in [-0.05, 0) is 38.5 Å². The van der Waals surface area contributed by atoms with Gasteiger partial charge in [-0.3, -0.25) is 18.6 Å². The highest BCUT2D eigenvalue weighted by Gasteiger charge is 2.51. The molecule has 1 aliphatic carbocycles. The van der Waals surface area contributed by atoms with Crippen molar-refractivity contribution in [2.45, 2.75) is 275 Å². The van der Waals surface area contributed by atoms with Crippen molar-refractivity contribution >= 4 is 19.8 Å². The minimum absolute atomic E-state index is 0.101. The maximum Gasteiger partial charge on any atom is 0.472 e. The van der Waals surface area contributed by atoms with Crippen LogP contribution >= 0.6 is 7.82 Å². The number of aliphatic hydroxyl groups excluding tert-OH is 5. The van der Waals surface area contributed by atoms with Gasteiger partial charge in [0.15, 0.2) is 6.10 Å². The van der Waals surface area contributed by atoms with Crippen LogP contribution in [0.5, 0.6) is 0 Å². The number of carbonyl (C=O) groups is 2. The molecule has 8 atom stereocenters. The van der Waals surface area contributed by atoms with Crippen molar-refractivity contribution in [3.63, 3.8) is 0 Å². The van der Waals surface area contributed by atoms with Gasteiger partial charge in [-0.15, -0.1) is 0 Å². The number of hydrogen-bond acceptors (Lipinski definition) is 12. The number of carbonyl (C=O) groups excluding carboxylic acids is 2. The number of esters is 2. The van der Waals surface area contributed by atoms with Crippen LogP contribution < -0.4 is 0 Å². The normalized spacial score (nSPS) is 21.7. The van der Waals surface area contributed by atoms with Crippen LogP contribution in [-0.4, -0.2) is 98.3 Å². The number of phosphoric ester groups is 1. The Labute approximate surface area is 382 Å². The molecule has 0 saturated heterocycles. The number of ether oxygens (including phenoxy) is 2. The van der Waals surface area contributed by atoms with Crippen LogP contribution in [0.3, 0.4) is 0 Å². The third kappa shape index (κ3) is 32.0. The second-order valence-corrected chi connectivity index (χ2v) is 19.4. The average molecular weight is 921 g/mol. The molecule has 6 N–H and O–H groups in total. The molecule has 0 aromatic carbocycles. The third-order valence-electron chi connectivity index (χ3n) is 12.1. The van der Waals surface area contributed by atoms with Crippen LogP contribution in [-0.2, 0) is 32.7 Å². The van der Waals surface area contributed by atoms with Crippen LogP contribution in [0.15, 0.2) is 12.2 Å². The van der Waals surface area contributed by atoms with E-state index in [1.165, 1.54) is 135 Å². The van der Waals surface area contributed by atoms with E-state index in [-0.39, 0.29) is 12.8 Å². The number of rotatable bonds is 43. The van der Waals surface area contributed by atoms with Crippen molar-refractivity contribution in [1.29, 1.82) is 0 Å². The molecule has 372 valence electrons. The SMILES string of the molecule is CCCCC/C=C/CCCCCCCC(=O)OC[C@H](COP(=O)(O)OC1C(O)C(O)C(O)[C@@H](O)C1O)OC(=O)CCCCCCCCCCCCCCCCCCCCCCCC. The molecule has 0 amide bonds. The first-order valence-corrected chi connectivity index (χ1v) is 27.0. The highest BCUT2D eigenvalue weighted by molar-refractivity contribution is 7.47. The van der Waals surface area contributed by atoms with Crippen molar-refractivity contribution in [2.24, 2.45) is 0 Å². The van der Waals surface area contributed by atoms with Gasteiger partial charge >= 0.3 is 19.8 Å². The topological polar surface area (TPSA) is 210 Å². The number of aliphatic hydroxyl groups is 5. The lowest BCUT2D eigenvalue weighted by molar-refractivity contribution is -0.220. The van der Waals surface area contributed by atoms with Crippen LogP contribution in [0.4, 0.5) is 0 Å². The molecule has 0 aliphatic heterocycles. The molecule has 63 heavy (non-hydrogen) atoms. The Bertz CT molecular complexity index is 1160. The van der Waals surface area contributed by atoms with Crippen molar-refractivity contribution in [3.05, 3.63) is 12.2 Å². The van der Waals surface area contributed by atoms with Crippen LogP contribution in [0, 0.1) is 0 Å². The minimum Gasteiger partial charge on any atom is -0.462 e. The quantitative estimate of drug-likeness (QED) is 0.0146. The third-order valence-corrected chi connectivity index (χ3v) is 13.1. The smallest absolute Gasteiger partial charge is 0.462 e. The fourth-order valence-electron chi connectivity index (χ4n) is 7.99. The average Bonchev–Trinajstić information content (AvgIpc) is 3.26. The summed E-state index contributed by atoms with van der Waals surface area (Å²) in [4.78, 5) is 35.7. The van der Waals surface area contributed by atoms with Gasteiger partial charge in [0.2, 0.25) is 0 Å². The van der Waals surface area contributed by atoms with E-state index in [9.17, 15) is 44.6 Å². The molecular formula is C49H93O13P. The molecule has 0 heterocycles. The van der Waals surface area contributed by atoms with Crippen LogP contribution in [0.25, 0.3) is 0 Å². The molecule has 6 unspecified atom stereocenters. The summed E-state index contributed by atoms with van der Waals surface area (Å²) in [5, 5.41) is 50.2. The minimum atomic E-state index is -5.12. The monoisotopic (exact) mass is 921 g/mol. The van der Waals surface area contributed by atoms with Gasteiger partial charge in [0.05, 0.1) is 6.61 Å². The summed E-state index contributed by atoms with van der Waals surface area (Å²) >= 11 is 0. The summed E-state index contributed by atoms with van der Waals surface area (Å²) in [5.41, 5.74) is 0. The highest BCUT2D eigenvalue weighted by Crippen LogP contribution is 2.47. The summed E-state index contributed by atoms with van der Waals surface area (Å²) in [5.74, 6) is -1.10. The van der Waals surface area contributed by atoms with Gasteiger partial charge in [-0.25, -0.2) is 4.57 Å². The fraction of sp³-hybridized carbons (Fsp3) is 0.918. The summed E-state index contributed by atoms with van der Waals surface area (Å²) in [6, 6.07) is 0. The maximum absolute atomic E-state index is 12.8. The summed E-state index contributed by atoms with van der Waals surface area (Å²) in [7, 11) is -5.12. The summed E-state index contributed by atoms with van der Waals surface area (Å²) in [6.07, 6.45) is 29.9. The Morgan fingerprint density at radius 2 is 0.810 bits per heavy atom. The van der Waals surface area contributed by atoms with Crippen molar-refractivity contribution in [3.8, 4) is 0 Å². The zero-order valence-corrected chi connectivity index (χ0v) is 40.5. The Kier molecular flexibility index (Phi) is 37.6. The second-order valence-electron chi connectivity index (χ2n) is 18.0. The van der Waals surface area contributed by atoms with Gasteiger partial charge in [0.1, 0.15) is 43.2 Å². The molecule has 0 bridgehead atoms. The molecule has 1 rings (SSSR count). The molecule has 14 heteroatoms. The van der Waals surface area contributed by atoms with E-state index in [1.807, 2.05) is 0 Å². The molecule has 1 saturated carbocycles.